The molecule has 0 bridgehead atoms. The first kappa shape index (κ1) is 28.2. The van der Waals surface area contributed by atoms with E-state index in [1.807, 2.05) is 4.72 Å². The van der Waals surface area contributed by atoms with Crippen molar-refractivity contribution >= 4 is 33.6 Å². The topological polar surface area (TPSA) is 83.5 Å². The zero-order valence-corrected chi connectivity index (χ0v) is 22.1. The number of anilines is 1. The zero-order valence-electron chi connectivity index (χ0n) is 21.3. The third-order valence-electron chi connectivity index (χ3n) is 6.73. The summed E-state index contributed by atoms with van der Waals surface area (Å²) in [4.78, 5) is 29.0. The van der Waals surface area contributed by atoms with Gasteiger partial charge in [0.25, 0.3) is 10.0 Å². The van der Waals surface area contributed by atoms with Crippen molar-refractivity contribution in [1.29, 1.82) is 0 Å². The minimum absolute atomic E-state index is 0.146. The second-order valence-corrected chi connectivity index (χ2v) is 11.2. The number of halogens is 2. The number of nitrogens with zero attached hydrogens (tertiary/aromatic N) is 1. The van der Waals surface area contributed by atoms with Gasteiger partial charge in [-0.2, -0.15) is 0 Å². The monoisotopic (exact) mass is 552 g/mol. The lowest BCUT2D eigenvalue weighted by Gasteiger charge is -2.36. The van der Waals surface area contributed by atoms with Crippen LogP contribution in [0, 0.1) is 17.6 Å². The highest BCUT2D eigenvalue weighted by molar-refractivity contribution is 7.93. The fourth-order valence-electron chi connectivity index (χ4n) is 4.75. The average Bonchev–Trinajstić information content (AvgIpc) is 2.93. The van der Waals surface area contributed by atoms with E-state index in [9.17, 15) is 26.8 Å². The van der Waals surface area contributed by atoms with E-state index in [4.69, 9.17) is 0 Å². The molecule has 1 aliphatic rings. The molecular formula is C30H30F2N2O4S. The number of rotatable bonds is 9. The van der Waals surface area contributed by atoms with Crippen molar-refractivity contribution in [3.8, 4) is 0 Å². The number of amides is 2. The van der Waals surface area contributed by atoms with E-state index >= 15 is 0 Å². The van der Waals surface area contributed by atoms with Crippen LogP contribution in [0.25, 0.3) is 6.08 Å². The molecule has 1 fully saturated rings. The molecule has 0 heterocycles. The SMILES string of the molecule is O=C(NS(=O)(=O)C=Cc1ccccc1)C(Cc1ccc(F)cc1)C(=O)N(c1ccc(F)cc1)C1CCCCC1. The van der Waals surface area contributed by atoms with E-state index in [0.717, 1.165) is 24.7 Å². The van der Waals surface area contributed by atoms with Crippen molar-refractivity contribution in [1.82, 2.24) is 4.72 Å². The van der Waals surface area contributed by atoms with Crippen molar-refractivity contribution in [3.05, 3.63) is 107 Å². The second-order valence-electron chi connectivity index (χ2n) is 9.58. The molecule has 0 aromatic heterocycles. The number of carbonyl (C=O) groups excluding carboxylic acids is 2. The fourth-order valence-corrected chi connectivity index (χ4v) is 5.58. The molecule has 2 amide bonds. The molecule has 0 saturated heterocycles. The van der Waals surface area contributed by atoms with Gasteiger partial charge >= 0.3 is 0 Å². The van der Waals surface area contributed by atoms with Crippen LogP contribution in [-0.4, -0.2) is 26.3 Å². The van der Waals surface area contributed by atoms with Crippen LogP contribution >= 0.6 is 0 Å². The van der Waals surface area contributed by atoms with Gasteiger partial charge in [0.05, 0.1) is 5.41 Å². The van der Waals surface area contributed by atoms with Crippen LogP contribution in [0.5, 0.6) is 0 Å². The van der Waals surface area contributed by atoms with E-state index in [0.29, 0.717) is 29.7 Å². The van der Waals surface area contributed by atoms with Gasteiger partial charge in [-0.1, -0.05) is 61.7 Å². The molecule has 1 aliphatic carbocycles. The van der Waals surface area contributed by atoms with E-state index < -0.39 is 39.4 Å². The first-order valence-corrected chi connectivity index (χ1v) is 14.4. The second kappa shape index (κ2) is 12.8. The Hall–Kier alpha value is -3.85. The maximum atomic E-state index is 14.1. The molecule has 9 heteroatoms. The maximum Gasteiger partial charge on any atom is 0.257 e. The summed E-state index contributed by atoms with van der Waals surface area (Å²) in [6.07, 6.45) is 5.41. The van der Waals surface area contributed by atoms with Crippen molar-refractivity contribution < 1.29 is 26.8 Å². The van der Waals surface area contributed by atoms with Gasteiger partial charge in [-0.25, -0.2) is 21.9 Å². The summed E-state index contributed by atoms with van der Waals surface area (Å²) < 4.78 is 54.8. The summed E-state index contributed by atoms with van der Waals surface area (Å²) in [5, 5.41) is 0.874. The standard InChI is InChI=1S/C30H30F2N2O4S/c31-24-13-11-23(12-14-24)21-28(29(35)33-39(37,38)20-19-22-7-3-1-4-8-22)30(36)34(26-9-5-2-6-10-26)27-17-15-25(32)16-18-27/h1,3-4,7-8,11-20,26,28H,2,5-6,9-10,21H2,(H,33,35). The van der Waals surface area contributed by atoms with Crippen molar-refractivity contribution in [2.45, 2.75) is 44.6 Å². The van der Waals surface area contributed by atoms with Gasteiger partial charge in [0.1, 0.15) is 17.6 Å². The minimum Gasteiger partial charge on any atom is -0.309 e. The Balaban J connectivity index is 1.66. The first-order chi connectivity index (χ1) is 18.7. The molecule has 1 unspecified atom stereocenters. The Morgan fingerprint density at radius 2 is 1.46 bits per heavy atom. The summed E-state index contributed by atoms with van der Waals surface area (Å²) in [6, 6.07) is 19.3. The highest BCUT2D eigenvalue weighted by atomic mass is 32.2. The predicted octanol–water partition coefficient (Wildman–Crippen LogP) is 5.61. The van der Waals surface area contributed by atoms with E-state index in [-0.39, 0.29) is 12.5 Å². The summed E-state index contributed by atoms with van der Waals surface area (Å²) in [6.45, 7) is 0. The molecule has 0 aliphatic heterocycles. The molecule has 39 heavy (non-hydrogen) atoms. The van der Waals surface area contributed by atoms with Gasteiger partial charge in [-0.05, 0) is 72.9 Å². The third-order valence-corrected chi connectivity index (χ3v) is 7.71. The van der Waals surface area contributed by atoms with Crippen LogP contribution in [-0.2, 0) is 26.0 Å². The highest BCUT2D eigenvalue weighted by Crippen LogP contribution is 2.30. The Morgan fingerprint density at radius 1 is 0.872 bits per heavy atom. The number of hydrogen-bond acceptors (Lipinski definition) is 4. The molecule has 204 valence electrons. The number of hydrogen-bond donors (Lipinski definition) is 1. The summed E-state index contributed by atoms with van der Waals surface area (Å²) in [7, 11) is -4.24. The first-order valence-electron chi connectivity index (χ1n) is 12.8. The van der Waals surface area contributed by atoms with Crippen LogP contribution in [0.2, 0.25) is 0 Å². The Bertz CT molecular complexity index is 1400. The molecule has 4 rings (SSSR count). The van der Waals surface area contributed by atoms with Gasteiger partial charge < -0.3 is 4.90 Å². The Kier molecular flexibility index (Phi) is 9.24. The fraction of sp³-hybridized carbons (Fsp3) is 0.267. The number of carbonyl (C=O) groups is 2. The van der Waals surface area contributed by atoms with Gasteiger partial charge in [0, 0.05) is 11.7 Å². The third kappa shape index (κ3) is 7.83. The van der Waals surface area contributed by atoms with Crippen LogP contribution < -0.4 is 9.62 Å². The maximum absolute atomic E-state index is 14.1. The molecule has 0 spiro atoms. The summed E-state index contributed by atoms with van der Waals surface area (Å²) in [5.74, 6) is -3.97. The van der Waals surface area contributed by atoms with Crippen LogP contribution in [0.3, 0.4) is 0 Å². The lowest BCUT2D eigenvalue weighted by Crippen LogP contribution is -2.50. The number of nitrogens with one attached hydrogen (secondary N) is 1. The Morgan fingerprint density at radius 3 is 2.08 bits per heavy atom. The average molecular weight is 553 g/mol. The van der Waals surface area contributed by atoms with E-state index in [1.165, 1.54) is 59.5 Å². The highest BCUT2D eigenvalue weighted by Gasteiger charge is 2.37. The Labute approximate surface area is 227 Å². The lowest BCUT2D eigenvalue weighted by molar-refractivity contribution is -0.133. The van der Waals surface area contributed by atoms with Gasteiger partial charge in [0.15, 0.2) is 0 Å². The molecule has 1 saturated carbocycles. The molecule has 6 nitrogen and oxygen atoms in total. The summed E-state index contributed by atoms with van der Waals surface area (Å²) in [5.41, 5.74) is 1.54. The van der Waals surface area contributed by atoms with Gasteiger partial charge in [0.2, 0.25) is 11.8 Å². The largest absolute Gasteiger partial charge is 0.309 e. The molecule has 3 aromatic rings. The molecule has 0 radical (unpaired) electrons. The van der Waals surface area contributed by atoms with Gasteiger partial charge in [-0.15, -0.1) is 0 Å². The predicted molar refractivity (Wildman–Crippen MR) is 147 cm³/mol. The molecule has 1 atom stereocenters. The van der Waals surface area contributed by atoms with E-state index in [2.05, 4.69) is 0 Å². The van der Waals surface area contributed by atoms with Crippen molar-refractivity contribution in [2.24, 2.45) is 5.92 Å². The van der Waals surface area contributed by atoms with E-state index in [1.54, 1.807) is 30.3 Å². The lowest BCUT2D eigenvalue weighted by atomic mass is 9.91. The van der Waals surface area contributed by atoms with Crippen LogP contribution in [0.1, 0.15) is 43.2 Å². The van der Waals surface area contributed by atoms with Crippen LogP contribution in [0.4, 0.5) is 14.5 Å². The van der Waals surface area contributed by atoms with Gasteiger partial charge in [-0.3, -0.25) is 9.59 Å². The summed E-state index contributed by atoms with van der Waals surface area (Å²) >= 11 is 0. The van der Waals surface area contributed by atoms with Crippen molar-refractivity contribution in [2.75, 3.05) is 4.90 Å². The molecule has 3 aromatic carbocycles. The molecule has 1 N–H and O–H groups in total. The normalized spacial score (nSPS) is 15.1. The molecular weight excluding hydrogens is 522 g/mol. The van der Waals surface area contributed by atoms with Crippen molar-refractivity contribution in [3.63, 3.8) is 0 Å². The minimum atomic E-state index is -4.24. The smallest absolute Gasteiger partial charge is 0.257 e. The van der Waals surface area contributed by atoms with Crippen LogP contribution in [0.15, 0.2) is 84.3 Å². The number of benzene rings is 3. The zero-order chi connectivity index (χ0) is 27.8. The number of sulfonamides is 1. The quantitative estimate of drug-likeness (QED) is 0.350.